The van der Waals surface area contributed by atoms with Gasteiger partial charge in [-0.25, -0.2) is 9.59 Å². The molecule has 0 saturated heterocycles. The summed E-state index contributed by atoms with van der Waals surface area (Å²) >= 11 is 0. The summed E-state index contributed by atoms with van der Waals surface area (Å²) in [5.74, 6) is 7.30. The van der Waals surface area contributed by atoms with Crippen molar-refractivity contribution in [3.8, 4) is 11.5 Å². The van der Waals surface area contributed by atoms with Gasteiger partial charge in [-0.3, -0.25) is 0 Å². The van der Waals surface area contributed by atoms with E-state index < -0.39 is 11.9 Å². The van der Waals surface area contributed by atoms with Gasteiger partial charge in [0.15, 0.2) is 0 Å². The zero-order valence-electron chi connectivity index (χ0n) is 28.5. The number of rotatable bonds is 18. The van der Waals surface area contributed by atoms with Crippen LogP contribution in [0.25, 0.3) is 0 Å². The third-order valence-corrected chi connectivity index (χ3v) is 12.6. The molecular formula is C40H54O8. The van der Waals surface area contributed by atoms with Crippen LogP contribution in [0.15, 0.2) is 37.4 Å². The van der Waals surface area contributed by atoms with E-state index in [1.807, 2.05) is 0 Å². The van der Waals surface area contributed by atoms with Crippen molar-refractivity contribution in [2.45, 2.75) is 82.0 Å². The Labute approximate surface area is 285 Å². The third kappa shape index (κ3) is 7.35. The maximum absolute atomic E-state index is 11.4. The molecule has 9 rings (SSSR count). The lowest BCUT2D eigenvalue weighted by Crippen LogP contribution is -2.49. The molecule has 0 heterocycles. The fourth-order valence-electron chi connectivity index (χ4n) is 11.5. The summed E-state index contributed by atoms with van der Waals surface area (Å²) in [6.07, 6.45) is 17.2. The zero-order chi connectivity index (χ0) is 33.1. The van der Waals surface area contributed by atoms with Gasteiger partial charge in [-0.1, -0.05) is 13.2 Å². The molecule has 8 aliphatic carbocycles. The molecule has 0 aliphatic heterocycles. The van der Waals surface area contributed by atoms with Gasteiger partial charge >= 0.3 is 11.9 Å². The number of carbonyl (C=O) groups excluding carboxylic acids is 2. The van der Waals surface area contributed by atoms with E-state index in [0.29, 0.717) is 45.6 Å². The summed E-state index contributed by atoms with van der Waals surface area (Å²) in [4.78, 5) is 22.7. The van der Waals surface area contributed by atoms with Crippen molar-refractivity contribution in [2.75, 3.05) is 52.9 Å². The summed E-state index contributed by atoms with van der Waals surface area (Å²) in [6, 6.07) is 4.78. The highest BCUT2D eigenvalue weighted by atomic mass is 16.6. The molecule has 8 fully saturated rings. The Morgan fingerprint density at radius 1 is 0.604 bits per heavy atom. The van der Waals surface area contributed by atoms with Crippen molar-refractivity contribution in [1.29, 1.82) is 0 Å². The van der Waals surface area contributed by atoms with Crippen molar-refractivity contribution in [1.82, 2.24) is 0 Å². The van der Waals surface area contributed by atoms with Crippen LogP contribution in [-0.4, -0.2) is 64.8 Å². The standard InChI is InChI=1S/C40H54O8/c1-3-37(41)47-11-7-43-5-9-45-35-22-36(46-10-6-44-8-12-48-38(42)4-2)34(40-23-28-14-29(24-40)16-30(15-28)25-40)21-33(35)39-31-17-26-13-27(19-31)20-32(39)18-26/h3-4,21-22,26-32,39H,1-2,5-20,23-25H2. The van der Waals surface area contributed by atoms with Crippen LogP contribution in [-0.2, 0) is 34.0 Å². The number of hydrogen-bond acceptors (Lipinski definition) is 8. The normalized spacial score (nSPS) is 33.8. The predicted molar refractivity (Wildman–Crippen MR) is 181 cm³/mol. The molecule has 8 bridgehead atoms. The molecule has 0 amide bonds. The van der Waals surface area contributed by atoms with E-state index in [1.54, 1.807) is 0 Å². The molecule has 1 aromatic rings. The first-order valence-electron chi connectivity index (χ1n) is 18.6. The van der Waals surface area contributed by atoms with E-state index in [1.165, 1.54) is 81.8 Å². The van der Waals surface area contributed by atoms with Gasteiger partial charge in [-0.15, -0.1) is 0 Å². The molecule has 8 aliphatic rings. The van der Waals surface area contributed by atoms with E-state index in [-0.39, 0.29) is 18.6 Å². The average molecular weight is 663 g/mol. The first-order valence-corrected chi connectivity index (χ1v) is 18.6. The fourth-order valence-corrected chi connectivity index (χ4v) is 11.5. The minimum atomic E-state index is -0.441. The summed E-state index contributed by atoms with van der Waals surface area (Å²) in [5.41, 5.74) is 3.00. The molecule has 8 saturated carbocycles. The monoisotopic (exact) mass is 662 g/mol. The Hall–Kier alpha value is -2.84. The van der Waals surface area contributed by atoms with Crippen molar-refractivity contribution in [3.63, 3.8) is 0 Å². The van der Waals surface area contributed by atoms with Crippen LogP contribution >= 0.6 is 0 Å². The largest absolute Gasteiger partial charge is 0.491 e. The van der Waals surface area contributed by atoms with Crippen LogP contribution in [0.5, 0.6) is 11.5 Å². The lowest BCUT2D eigenvalue weighted by Gasteiger charge is -2.58. The van der Waals surface area contributed by atoms with Crippen molar-refractivity contribution in [3.05, 3.63) is 48.6 Å². The molecule has 0 aromatic heterocycles. The molecule has 0 atom stereocenters. The van der Waals surface area contributed by atoms with E-state index in [4.69, 9.17) is 28.4 Å². The van der Waals surface area contributed by atoms with Crippen molar-refractivity contribution >= 4 is 11.9 Å². The number of carbonyl (C=O) groups is 2. The number of esters is 2. The Morgan fingerprint density at radius 2 is 1.06 bits per heavy atom. The molecular weight excluding hydrogens is 608 g/mol. The zero-order valence-corrected chi connectivity index (χ0v) is 28.5. The summed E-state index contributed by atoms with van der Waals surface area (Å²) in [6.45, 7) is 9.53. The van der Waals surface area contributed by atoms with Gasteiger partial charge in [0, 0.05) is 23.8 Å². The molecule has 8 nitrogen and oxygen atoms in total. The summed E-state index contributed by atoms with van der Waals surface area (Å²) in [5, 5.41) is 0. The molecule has 0 spiro atoms. The number of hydrogen-bond donors (Lipinski definition) is 0. The second-order valence-corrected chi connectivity index (χ2v) is 15.7. The van der Waals surface area contributed by atoms with E-state index >= 15 is 0 Å². The highest BCUT2D eigenvalue weighted by molar-refractivity contribution is 5.81. The molecule has 48 heavy (non-hydrogen) atoms. The van der Waals surface area contributed by atoms with Crippen LogP contribution in [0.1, 0.15) is 87.7 Å². The molecule has 0 radical (unpaired) electrons. The first kappa shape index (κ1) is 33.6. The molecule has 0 unspecified atom stereocenters. The van der Waals surface area contributed by atoms with Gasteiger partial charge in [0.05, 0.1) is 26.4 Å². The Morgan fingerprint density at radius 3 is 1.56 bits per heavy atom. The smallest absolute Gasteiger partial charge is 0.330 e. The number of benzene rings is 1. The Kier molecular flexibility index (Phi) is 10.5. The second-order valence-electron chi connectivity index (χ2n) is 15.7. The average Bonchev–Trinajstić information content (AvgIpc) is 3.06. The van der Waals surface area contributed by atoms with Gasteiger partial charge in [-0.2, -0.15) is 0 Å². The highest BCUT2D eigenvalue weighted by Crippen LogP contribution is 2.64. The fraction of sp³-hybridized carbons (Fsp3) is 0.700. The van der Waals surface area contributed by atoms with Crippen LogP contribution < -0.4 is 9.47 Å². The van der Waals surface area contributed by atoms with Crippen LogP contribution in [0.4, 0.5) is 0 Å². The Balaban J connectivity index is 1.12. The van der Waals surface area contributed by atoms with Crippen molar-refractivity contribution < 1.29 is 38.0 Å². The van der Waals surface area contributed by atoms with E-state index in [2.05, 4.69) is 25.3 Å². The molecule has 1 aromatic carbocycles. The molecule has 0 N–H and O–H groups in total. The minimum Gasteiger partial charge on any atom is -0.491 e. The first-order chi connectivity index (χ1) is 23.4. The van der Waals surface area contributed by atoms with Gasteiger partial charge in [0.1, 0.15) is 37.9 Å². The molecule has 262 valence electrons. The lowest BCUT2D eigenvalue weighted by atomic mass is 9.47. The van der Waals surface area contributed by atoms with Crippen LogP contribution in [0.2, 0.25) is 0 Å². The Bertz CT molecular complexity index is 1270. The quantitative estimate of drug-likeness (QED) is 0.0949. The summed E-state index contributed by atoms with van der Waals surface area (Å²) in [7, 11) is 0. The number of ether oxygens (including phenoxy) is 6. The maximum Gasteiger partial charge on any atom is 0.330 e. The van der Waals surface area contributed by atoms with E-state index in [9.17, 15) is 9.59 Å². The van der Waals surface area contributed by atoms with Gasteiger partial charge in [0.25, 0.3) is 0 Å². The summed E-state index contributed by atoms with van der Waals surface area (Å²) < 4.78 is 34.9. The van der Waals surface area contributed by atoms with E-state index in [0.717, 1.165) is 65.1 Å². The molecule has 8 heteroatoms. The third-order valence-electron chi connectivity index (χ3n) is 12.6. The van der Waals surface area contributed by atoms with Gasteiger partial charge in [-0.05, 0) is 135 Å². The van der Waals surface area contributed by atoms with Crippen LogP contribution in [0, 0.1) is 41.4 Å². The topological polar surface area (TPSA) is 89.5 Å². The lowest BCUT2D eigenvalue weighted by molar-refractivity contribution is -0.140. The van der Waals surface area contributed by atoms with Crippen LogP contribution in [0.3, 0.4) is 0 Å². The highest BCUT2D eigenvalue weighted by Gasteiger charge is 2.54. The minimum absolute atomic E-state index is 0.176. The second kappa shape index (κ2) is 15.0. The van der Waals surface area contributed by atoms with Gasteiger partial charge in [0.2, 0.25) is 0 Å². The SMILES string of the molecule is C=CC(=O)OCCOCCOc1cc(OCCOCCOC(=O)C=C)c(C23CC4CC(CC(C4)C2)C3)cc1C1C2CC3CC(C2)CC1C3. The van der Waals surface area contributed by atoms with Crippen molar-refractivity contribution in [2.24, 2.45) is 41.4 Å². The van der Waals surface area contributed by atoms with Gasteiger partial charge < -0.3 is 28.4 Å². The maximum atomic E-state index is 11.4. The predicted octanol–water partition coefficient (Wildman–Crippen LogP) is 6.94.